The van der Waals surface area contributed by atoms with E-state index in [1.54, 1.807) is 23.9 Å². The van der Waals surface area contributed by atoms with Crippen LogP contribution < -0.4 is 16.0 Å². The fraction of sp³-hybridized carbons (Fsp3) is 0.312. The number of amides is 1. The highest BCUT2D eigenvalue weighted by Gasteiger charge is 2.11. The van der Waals surface area contributed by atoms with Crippen LogP contribution >= 0.6 is 23.2 Å². The first kappa shape index (κ1) is 17.5. The van der Waals surface area contributed by atoms with Crippen LogP contribution in [-0.4, -0.2) is 35.3 Å². The van der Waals surface area contributed by atoms with Gasteiger partial charge in [0.05, 0.1) is 5.69 Å². The molecule has 7 heteroatoms. The van der Waals surface area contributed by atoms with E-state index in [0.29, 0.717) is 23.1 Å². The number of alkyl halides is 2. The van der Waals surface area contributed by atoms with Crippen molar-refractivity contribution in [3.8, 4) is 0 Å². The molecule has 1 heterocycles. The molecule has 23 heavy (non-hydrogen) atoms. The third-order valence-corrected chi connectivity index (χ3v) is 3.80. The van der Waals surface area contributed by atoms with Gasteiger partial charge in [-0.2, -0.15) is 0 Å². The number of nitrogens with two attached hydrogens (primary N) is 1. The number of rotatable bonds is 7. The third kappa shape index (κ3) is 4.56. The van der Waals surface area contributed by atoms with E-state index in [4.69, 9.17) is 28.9 Å². The molecular weight excluding hydrogens is 335 g/mol. The second kappa shape index (κ2) is 8.13. The number of nitrogen functional groups attached to an aromatic ring is 1. The van der Waals surface area contributed by atoms with Gasteiger partial charge in [-0.05, 0) is 30.3 Å². The highest BCUT2D eigenvalue weighted by molar-refractivity contribution is 6.18. The van der Waals surface area contributed by atoms with E-state index >= 15 is 0 Å². The van der Waals surface area contributed by atoms with Gasteiger partial charge in [0.25, 0.3) is 5.91 Å². The second-order valence-electron chi connectivity index (χ2n) is 5.14. The van der Waals surface area contributed by atoms with Crippen molar-refractivity contribution in [3.05, 3.63) is 42.2 Å². The van der Waals surface area contributed by atoms with Gasteiger partial charge in [-0.25, -0.2) is 0 Å². The molecule has 0 bridgehead atoms. The van der Waals surface area contributed by atoms with Crippen molar-refractivity contribution in [1.82, 2.24) is 4.57 Å². The van der Waals surface area contributed by atoms with Crippen molar-refractivity contribution in [2.45, 2.75) is 0 Å². The van der Waals surface area contributed by atoms with Crippen LogP contribution in [0.25, 0.3) is 0 Å². The molecule has 1 aromatic carbocycles. The Balaban J connectivity index is 2.07. The molecule has 5 nitrogen and oxygen atoms in total. The first-order chi connectivity index (χ1) is 11.0. The Morgan fingerprint density at radius 1 is 1.22 bits per heavy atom. The summed E-state index contributed by atoms with van der Waals surface area (Å²) in [6.07, 6.45) is 1.70. The predicted molar refractivity (Wildman–Crippen MR) is 97.9 cm³/mol. The number of hydrogen-bond acceptors (Lipinski definition) is 3. The van der Waals surface area contributed by atoms with Gasteiger partial charge >= 0.3 is 0 Å². The summed E-state index contributed by atoms with van der Waals surface area (Å²) in [7, 11) is 1.78. The molecule has 0 radical (unpaired) electrons. The van der Waals surface area contributed by atoms with Crippen LogP contribution in [0.15, 0.2) is 36.5 Å². The van der Waals surface area contributed by atoms with Gasteiger partial charge in [-0.1, -0.05) is 0 Å². The molecule has 0 aliphatic heterocycles. The number of anilines is 3. The monoisotopic (exact) mass is 354 g/mol. The Labute approximate surface area is 146 Å². The van der Waals surface area contributed by atoms with Crippen molar-refractivity contribution in [2.24, 2.45) is 7.05 Å². The van der Waals surface area contributed by atoms with E-state index in [-0.39, 0.29) is 5.91 Å². The number of benzene rings is 1. The van der Waals surface area contributed by atoms with Crippen LogP contribution in [-0.2, 0) is 7.05 Å². The Hall–Kier alpha value is -1.85. The second-order valence-corrected chi connectivity index (χ2v) is 5.89. The number of nitrogens with zero attached hydrogens (tertiary/aromatic N) is 2. The average Bonchev–Trinajstić information content (AvgIpc) is 2.86. The van der Waals surface area contributed by atoms with Gasteiger partial charge in [-0.3, -0.25) is 4.79 Å². The molecule has 2 aromatic rings. The Morgan fingerprint density at radius 2 is 1.83 bits per heavy atom. The summed E-state index contributed by atoms with van der Waals surface area (Å²) in [5.41, 5.74) is 8.50. The summed E-state index contributed by atoms with van der Waals surface area (Å²) < 4.78 is 1.70. The zero-order valence-electron chi connectivity index (χ0n) is 12.9. The maximum atomic E-state index is 12.2. The summed E-state index contributed by atoms with van der Waals surface area (Å²) in [6.45, 7) is 1.45. The highest BCUT2D eigenvalue weighted by atomic mass is 35.5. The van der Waals surface area contributed by atoms with E-state index in [2.05, 4.69) is 10.2 Å². The Bertz CT molecular complexity index is 649. The Morgan fingerprint density at radius 3 is 2.30 bits per heavy atom. The smallest absolute Gasteiger partial charge is 0.272 e. The normalized spacial score (nSPS) is 10.6. The lowest BCUT2D eigenvalue weighted by atomic mass is 10.2. The van der Waals surface area contributed by atoms with Crippen molar-refractivity contribution in [2.75, 3.05) is 40.8 Å². The number of aromatic nitrogens is 1. The number of hydrogen-bond donors (Lipinski definition) is 2. The molecule has 1 amide bonds. The average molecular weight is 355 g/mol. The van der Waals surface area contributed by atoms with Crippen molar-refractivity contribution in [1.29, 1.82) is 0 Å². The summed E-state index contributed by atoms with van der Waals surface area (Å²) >= 11 is 11.6. The standard InChI is InChI=1S/C16H20Cl2N4O/c1-21-11-12(19)10-15(21)16(23)20-13-2-4-14(5-3-13)22(8-6-17)9-7-18/h2-5,10-11H,6-9,19H2,1H3,(H,20,23). The number of nitrogens with one attached hydrogen (secondary N) is 1. The van der Waals surface area contributed by atoms with Gasteiger partial charge in [0.15, 0.2) is 0 Å². The number of halogens is 2. The number of carbonyl (C=O) groups is 1. The minimum Gasteiger partial charge on any atom is -0.397 e. The van der Waals surface area contributed by atoms with Crippen molar-refractivity contribution >= 4 is 46.2 Å². The lowest BCUT2D eigenvalue weighted by molar-refractivity contribution is 0.101. The van der Waals surface area contributed by atoms with Crippen LogP contribution in [0.3, 0.4) is 0 Å². The fourth-order valence-electron chi connectivity index (χ4n) is 2.34. The first-order valence-corrected chi connectivity index (χ1v) is 8.32. The van der Waals surface area contributed by atoms with Gasteiger partial charge in [0.1, 0.15) is 5.69 Å². The van der Waals surface area contributed by atoms with Gasteiger partial charge in [-0.15, -0.1) is 23.2 Å². The predicted octanol–water partition coefficient (Wildman–Crippen LogP) is 3.14. The fourth-order valence-corrected chi connectivity index (χ4v) is 2.75. The lowest BCUT2D eigenvalue weighted by Gasteiger charge is -2.23. The molecular formula is C16H20Cl2N4O. The zero-order chi connectivity index (χ0) is 16.8. The lowest BCUT2D eigenvalue weighted by Crippen LogP contribution is -2.27. The van der Waals surface area contributed by atoms with Crippen LogP contribution in [0, 0.1) is 0 Å². The topological polar surface area (TPSA) is 63.3 Å². The third-order valence-electron chi connectivity index (χ3n) is 3.46. The molecule has 0 fully saturated rings. The zero-order valence-corrected chi connectivity index (χ0v) is 14.4. The number of carbonyl (C=O) groups excluding carboxylic acids is 1. The molecule has 0 spiro atoms. The molecule has 0 aliphatic rings. The maximum Gasteiger partial charge on any atom is 0.272 e. The molecule has 0 aliphatic carbocycles. The summed E-state index contributed by atoms with van der Waals surface area (Å²) in [5, 5.41) is 2.86. The van der Waals surface area contributed by atoms with Crippen LogP contribution in [0.5, 0.6) is 0 Å². The summed E-state index contributed by atoms with van der Waals surface area (Å²) in [5.74, 6) is 0.865. The minimum absolute atomic E-state index is 0.199. The van der Waals surface area contributed by atoms with E-state index in [9.17, 15) is 4.79 Å². The van der Waals surface area contributed by atoms with Crippen molar-refractivity contribution in [3.63, 3.8) is 0 Å². The van der Waals surface area contributed by atoms with Gasteiger partial charge in [0.2, 0.25) is 0 Å². The highest BCUT2D eigenvalue weighted by Crippen LogP contribution is 2.19. The largest absolute Gasteiger partial charge is 0.397 e. The molecule has 2 rings (SSSR count). The van der Waals surface area contributed by atoms with E-state index in [1.165, 1.54) is 0 Å². The van der Waals surface area contributed by atoms with E-state index in [0.717, 1.165) is 24.5 Å². The molecule has 3 N–H and O–H groups in total. The van der Waals surface area contributed by atoms with Gasteiger partial charge < -0.3 is 20.5 Å². The summed E-state index contributed by atoms with van der Waals surface area (Å²) in [4.78, 5) is 14.3. The van der Waals surface area contributed by atoms with Crippen molar-refractivity contribution < 1.29 is 4.79 Å². The molecule has 1 aromatic heterocycles. The molecule has 0 saturated carbocycles. The summed E-state index contributed by atoms with van der Waals surface area (Å²) in [6, 6.07) is 9.23. The van der Waals surface area contributed by atoms with Crippen LogP contribution in [0.4, 0.5) is 17.1 Å². The van der Waals surface area contributed by atoms with Crippen LogP contribution in [0.1, 0.15) is 10.5 Å². The molecule has 0 saturated heterocycles. The van der Waals surface area contributed by atoms with E-state index in [1.807, 2.05) is 24.3 Å². The molecule has 0 atom stereocenters. The van der Waals surface area contributed by atoms with E-state index < -0.39 is 0 Å². The maximum absolute atomic E-state index is 12.2. The minimum atomic E-state index is -0.199. The van der Waals surface area contributed by atoms with Crippen LogP contribution in [0.2, 0.25) is 0 Å². The van der Waals surface area contributed by atoms with Gasteiger partial charge in [0, 0.05) is 49.5 Å². The molecule has 0 unspecified atom stereocenters. The Kier molecular flexibility index (Phi) is 6.19. The molecule has 124 valence electrons. The SMILES string of the molecule is Cn1cc(N)cc1C(=O)Nc1ccc(N(CCCl)CCCl)cc1. The first-order valence-electron chi connectivity index (χ1n) is 7.25. The quantitative estimate of drug-likeness (QED) is 0.750. The number of aryl methyl sites for hydroxylation is 1.